The van der Waals surface area contributed by atoms with Gasteiger partial charge < -0.3 is 15.6 Å². The summed E-state index contributed by atoms with van der Waals surface area (Å²) >= 11 is 6.66. The van der Waals surface area contributed by atoms with Crippen molar-refractivity contribution in [3.63, 3.8) is 0 Å². The first kappa shape index (κ1) is 12.8. The van der Waals surface area contributed by atoms with Crippen LogP contribution in [0.2, 0.25) is 0 Å². The quantitative estimate of drug-likeness (QED) is 0.891. The van der Waals surface area contributed by atoms with E-state index in [1.807, 2.05) is 13.0 Å². The number of phenols is 1. The second-order valence-electron chi connectivity index (χ2n) is 3.39. The molecule has 0 amide bonds. The van der Waals surface area contributed by atoms with E-state index in [9.17, 15) is 5.11 Å². The molecule has 0 fully saturated rings. The lowest BCUT2D eigenvalue weighted by Crippen LogP contribution is -2.17. The first-order valence-electron chi connectivity index (χ1n) is 4.46. The average Bonchev–Trinajstić information content (AvgIpc) is 2.14. The normalized spacial score (nSPS) is 12.6. The van der Waals surface area contributed by atoms with Crippen molar-refractivity contribution in [1.82, 2.24) is 0 Å². The van der Waals surface area contributed by atoms with Gasteiger partial charge in [-0.15, -0.1) is 0 Å². The van der Waals surface area contributed by atoms with Crippen molar-refractivity contribution in [3.8, 4) is 11.5 Å². The van der Waals surface area contributed by atoms with Crippen LogP contribution in [-0.4, -0.2) is 18.3 Å². The van der Waals surface area contributed by atoms with Gasteiger partial charge in [-0.05, 0) is 56.8 Å². The van der Waals surface area contributed by atoms with E-state index in [1.165, 1.54) is 0 Å². The van der Waals surface area contributed by atoms with E-state index in [1.54, 1.807) is 7.11 Å². The zero-order valence-corrected chi connectivity index (χ0v) is 11.7. The second kappa shape index (κ2) is 5.18. The zero-order valence-electron chi connectivity index (χ0n) is 8.55. The Labute approximate surface area is 106 Å². The van der Waals surface area contributed by atoms with Gasteiger partial charge in [-0.1, -0.05) is 0 Å². The molecule has 0 aliphatic rings. The summed E-state index contributed by atoms with van der Waals surface area (Å²) in [6.07, 6.45) is 0.618. The molecule has 0 aliphatic heterocycles. The Balaban J connectivity index is 3.21. The summed E-state index contributed by atoms with van der Waals surface area (Å²) in [5.41, 5.74) is 6.49. The highest BCUT2D eigenvalue weighted by molar-refractivity contribution is 9.11. The standard InChI is InChI=1S/C10H13Br2NO2/c1-5(13)3-6-4-7(11)10(15-2)8(12)9(6)14/h4-5,14H,3,13H2,1-2H3. The van der Waals surface area contributed by atoms with Gasteiger partial charge in [0, 0.05) is 6.04 Å². The maximum Gasteiger partial charge on any atom is 0.150 e. The Morgan fingerprint density at radius 2 is 2.13 bits per heavy atom. The van der Waals surface area contributed by atoms with Crippen LogP contribution in [0.5, 0.6) is 11.5 Å². The molecule has 0 bridgehead atoms. The average molecular weight is 339 g/mol. The molecular formula is C10H13Br2NO2. The number of halogens is 2. The van der Waals surface area contributed by atoms with Crippen molar-refractivity contribution in [1.29, 1.82) is 0 Å². The number of aromatic hydroxyl groups is 1. The predicted octanol–water partition coefficient (Wildman–Crippen LogP) is 2.82. The summed E-state index contributed by atoms with van der Waals surface area (Å²) < 4.78 is 6.48. The zero-order chi connectivity index (χ0) is 11.6. The fraction of sp³-hybridized carbons (Fsp3) is 0.400. The number of methoxy groups -OCH3 is 1. The van der Waals surface area contributed by atoms with Crippen molar-refractivity contribution in [2.75, 3.05) is 7.11 Å². The molecule has 0 saturated heterocycles. The van der Waals surface area contributed by atoms with Gasteiger partial charge in [-0.3, -0.25) is 0 Å². The summed E-state index contributed by atoms with van der Waals surface area (Å²) in [6, 6.07) is 1.82. The fourth-order valence-electron chi connectivity index (χ4n) is 1.33. The predicted molar refractivity (Wildman–Crippen MR) is 67.4 cm³/mol. The lowest BCUT2D eigenvalue weighted by atomic mass is 10.1. The third-order valence-corrected chi connectivity index (χ3v) is 3.30. The van der Waals surface area contributed by atoms with Crippen molar-refractivity contribution in [2.24, 2.45) is 5.73 Å². The van der Waals surface area contributed by atoms with E-state index < -0.39 is 0 Å². The molecule has 1 unspecified atom stereocenters. The lowest BCUT2D eigenvalue weighted by Gasteiger charge is -2.13. The molecule has 1 aromatic carbocycles. The molecule has 0 saturated carbocycles. The van der Waals surface area contributed by atoms with Crippen LogP contribution in [0.4, 0.5) is 0 Å². The van der Waals surface area contributed by atoms with E-state index in [2.05, 4.69) is 31.9 Å². The summed E-state index contributed by atoms with van der Waals surface area (Å²) in [7, 11) is 1.55. The molecule has 15 heavy (non-hydrogen) atoms. The van der Waals surface area contributed by atoms with Crippen molar-refractivity contribution in [3.05, 3.63) is 20.6 Å². The van der Waals surface area contributed by atoms with Gasteiger partial charge in [0.15, 0.2) is 5.75 Å². The highest BCUT2D eigenvalue weighted by Gasteiger charge is 2.15. The molecule has 0 heterocycles. The number of benzene rings is 1. The van der Waals surface area contributed by atoms with Crippen LogP contribution in [0.1, 0.15) is 12.5 Å². The van der Waals surface area contributed by atoms with E-state index in [-0.39, 0.29) is 11.8 Å². The van der Waals surface area contributed by atoms with Crippen LogP contribution >= 0.6 is 31.9 Å². The Bertz CT molecular complexity index is 367. The smallest absolute Gasteiger partial charge is 0.150 e. The summed E-state index contributed by atoms with van der Waals surface area (Å²) in [4.78, 5) is 0. The van der Waals surface area contributed by atoms with Crippen LogP contribution in [-0.2, 0) is 6.42 Å². The molecule has 3 nitrogen and oxygen atoms in total. The van der Waals surface area contributed by atoms with Crippen LogP contribution in [0.3, 0.4) is 0 Å². The summed E-state index contributed by atoms with van der Waals surface area (Å²) in [5, 5.41) is 9.88. The summed E-state index contributed by atoms with van der Waals surface area (Å²) in [6.45, 7) is 1.89. The van der Waals surface area contributed by atoms with E-state index in [4.69, 9.17) is 10.5 Å². The third-order valence-electron chi connectivity index (χ3n) is 1.98. The van der Waals surface area contributed by atoms with E-state index in [0.717, 1.165) is 10.0 Å². The Hall–Kier alpha value is -0.260. The van der Waals surface area contributed by atoms with Crippen LogP contribution in [0.15, 0.2) is 15.0 Å². The van der Waals surface area contributed by atoms with Gasteiger partial charge in [0.25, 0.3) is 0 Å². The number of hydrogen-bond donors (Lipinski definition) is 2. The maximum absolute atomic E-state index is 9.88. The Morgan fingerprint density at radius 3 is 2.60 bits per heavy atom. The van der Waals surface area contributed by atoms with Crippen molar-refractivity contribution >= 4 is 31.9 Å². The molecule has 1 rings (SSSR count). The molecule has 1 aromatic rings. The molecule has 0 spiro atoms. The lowest BCUT2D eigenvalue weighted by molar-refractivity contribution is 0.399. The monoisotopic (exact) mass is 337 g/mol. The maximum atomic E-state index is 9.88. The molecule has 0 aromatic heterocycles. The summed E-state index contributed by atoms with van der Waals surface area (Å²) in [5.74, 6) is 0.772. The number of rotatable bonds is 3. The van der Waals surface area contributed by atoms with Gasteiger partial charge in [-0.25, -0.2) is 0 Å². The fourth-order valence-corrected chi connectivity index (χ4v) is 2.86. The number of phenolic OH excluding ortho intramolecular Hbond substituents is 1. The molecule has 3 N–H and O–H groups in total. The number of ether oxygens (including phenoxy) is 1. The largest absolute Gasteiger partial charge is 0.506 e. The minimum absolute atomic E-state index is 0.00287. The molecule has 0 aliphatic carbocycles. The van der Waals surface area contributed by atoms with Crippen molar-refractivity contribution < 1.29 is 9.84 Å². The Morgan fingerprint density at radius 1 is 1.53 bits per heavy atom. The van der Waals surface area contributed by atoms with Crippen LogP contribution < -0.4 is 10.5 Å². The molecule has 84 valence electrons. The number of nitrogens with two attached hydrogens (primary N) is 1. The van der Waals surface area contributed by atoms with Gasteiger partial charge in [0.05, 0.1) is 11.6 Å². The topological polar surface area (TPSA) is 55.5 Å². The SMILES string of the molecule is COc1c(Br)cc(CC(C)N)c(O)c1Br. The van der Waals surface area contributed by atoms with Gasteiger partial charge in [0.2, 0.25) is 0 Å². The minimum Gasteiger partial charge on any atom is -0.506 e. The Kier molecular flexibility index (Phi) is 4.43. The molecule has 1 atom stereocenters. The van der Waals surface area contributed by atoms with E-state index >= 15 is 0 Å². The van der Waals surface area contributed by atoms with E-state index in [0.29, 0.717) is 16.6 Å². The molecular weight excluding hydrogens is 326 g/mol. The van der Waals surface area contributed by atoms with Gasteiger partial charge in [0.1, 0.15) is 10.2 Å². The van der Waals surface area contributed by atoms with Crippen LogP contribution in [0.25, 0.3) is 0 Å². The first-order valence-corrected chi connectivity index (χ1v) is 6.05. The second-order valence-corrected chi connectivity index (χ2v) is 5.04. The van der Waals surface area contributed by atoms with Crippen LogP contribution in [0, 0.1) is 0 Å². The van der Waals surface area contributed by atoms with Gasteiger partial charge >= 0.3 is 0 Å². The molecule has 5 heteroatoms. The van der Waals surface area contributed by atoms with Crippen molar-refractivity contribution in [2.45, 2.75) is 19.4 Å². The highest BCUT2D eigenvalue weighted by Crippen LogP contribution is 2.42. The number of hydrogen-bond acceptors (Lipinski definition) is 3. The molecule has 0 radical (unpaired) electrons. The third kappa shape index (κ3) is 2.86. The highest BCUT2D eigenvalue weighted by atomic mass is 79.9. The first-order chi connectivity index (χ1) is 6.97. The minimum atomic E-state index is 0.00287. The van der Waals surface area contributed by atoms with Gasteiger partial charge in [-0.2, -0.15) is 0 Å².